The van der Waals surface area contributed by atoms with Crippen molar-refractivity contribution in [2.45, 2.75) is 39.8 Å². The van der Waals surface area contributed by atoms with E-state index < -0.39 is 0 Å². The van der Waals surface area contributed by atoms with E-state index in [1.807, 2.05) is 18.2 Å². The summed E-state index contributed by atoms with van der Waals surface area (Å²) in [5, 5.41) is 0. The largest absolute Gasteiger partial charge is 2.00 e. The molecule has 4 aliphatic rings. The number of amidine groups is 2. The van der Waals surface area contributed by atoms with Gasteiger partial charge in [0, 0.05) is 0 Å². The average Bonchev–Trinajstić information content (AvgIpc) is 3.36. The van der Waals surface area contributed by atoms with Crippen LogP contribution in [0, 0.1) is 11.8 Å². The van der Waals surface area contributed by atoms with E-state index in [0.717, 1.165) is 22.8 Å². The molecule has 0 amide bonds. The van der Waals surface area contributed by atoms with Crippen LogP contribution in [0.2, 0.25) is 0 Å². The zero-order valence-corrected chi connectivity index (χ0v) is 21.5. The predicted octanol–water partition coefficient (Wildman–Crippen LogP) is -1.47. The molecule has 2 unspecified atom stereocenters. The van der Waals surface area contributed by atoms with Crippen LogP contribution in [0.25, 0.3) is 0 Å². The van der Waals surface area contributed by atoms with E-state index in [1.165, 1.54) is 11.1 Å². The van der Waals surface area contributed by atoms with Crippen molar-refractivity contribution in [1.29, 1.82) is 0 Å². The number of rotatable bonds is 4. The Labute approximate surface area is 218 Å². The van der Waals surface area contributed by atoms with Crippen LogP contribution in [-0.4, -0.2) is 40.2 Å². The second kappa shape index (κ2) is 10.9. The van der Waals surface area contributed by atoms with E-state index in [-0.39, 0.29) is 54.0 Å². The van der Waals surface area contributed by atoms with Crippen molar-refractivity contribution in [1.82, 2.24) is 4.98 Å². The Kier molecular flexibility index (Phi) is 8.94. The molecule has 2 atom stereocenters. The number of aromatic nitrogens is 1. The molecule has 33 heavy (non-hydrogen) atoms. The third-order valence-electron chi connectivity index (χ3n) is 5.71. The Morgan fingerprint density at radius 3 is 1.52 bits per heavy atom. The van der Waals surface area contributed by atoms with E-state index in [1.54, 1.807) is 0 Å². The zero-order chi connectivity index (χ0) is 20.8. The van der Waals surface area contributed by atoms with E-state index in [0.29, 0.717) is 23.5 Å². The Hall–Kier alpha value is -2.11. The number of allylic oxidation sites excluding steroid dienone is 4. The molecule has 1 aromatic rings. The van der Waals surface area contributed by atoms with Crippen molar-refractivity contribution in [3.05, 3.63) is 77.2 Å². The quantitative estimate of drug-likeness (QED) is 0.446. The number of hydrogen-bond acceptors (Lipinski definition) is 5. The van der Waals surface area contributed by atoms with Gasteiger partial charge in [0.25, 0.3) is 0 Å². The molecule has 5 nitrogen and oxygen atoms in total. The fraction of sp³-hybridized carbons (Fsp3) is 0.320. The summed E-state index contributed by atoms with van der Waals surface area (Å²) in [6.45, 7) is 8.76. The number of aliphatic imine (C=N–C) groups is 4. The zero-order valence-electron chi connectivity index (χ0n) is 18.9. The van der Waals surface area contributed by atoms with Crippen LogP contribution in [0.1, 0.15) is 39.1 Å². The first-order valence-corrected chi connectivity index (χ1v) is 10.6. The molecule has 0 bridgehead atoms. The van der Waals surface area contributed by atoms with Crippen LogP contribution in [0.4, 0.5) is 0 Å². The number of halogens is 2. The normalized spacial score (nSPS) is 22.0. The van der Waals surface area contributed by atoms with Gasteiger partial charge in [-0.25, -0.2) is 15.0 Å². The molecule has 2 aliphatic carbocycles. The third kappa shape index (κ3) is 5.36. The van der Waals surface area contributed by atoms with Gasteiger partial charge in [-0.2, -0.15) is 0 Å². The molecule has 2 aliphatic heterocycles. The minimum Gasteiger partial charge on any atom is -1.00 e. The summed E-state index contributed by atoms with van der Waals surface area (Å²) in [5.74, 6) is 2.29. The van der Waals surface area contributed by atoms with Crippen LogP contribution in [-0.2, 0) is 17.1 Å². The minimum atomic E-state index is -0.00961. The maximum Gasteiger partial charge on any atom is 2.00 e. The van der Waals surface area contributed by atoms with Gasteiger partial charge in [-0.15, -0.1) is 0 Å². The Bertz CT molecular complexity index is 1080. The molecule has 8 heteroatoms. The maximum absolute atomic E-state index is 4.80. The van der Waals surface area contributed by atoms with Crippen molar-refractivity contribution in [2.75, 3.05) is 0 Å². The number of nitrogens with zero attached hydrogens (tertiary/aromatic N) is 5. The second-order valence-electron chi connectivity index (χ2n) is 8.59. The van der Waals surface area contributed by atoms with Crippen molar-refractivity contribution in [2.24, 2.45) is 31.8 Å². The van der Waals surface area contributed by atoms with E-state index >= 15 is 0 Å². The minimum absolute atomic E-state index is 0. The molecular weight excluding hydrogens is 497 g/mol. The molecule has 0 spiro atoms. The second-order valence-corrected chi connectivity index (χ2v) is 8.59. The first-order chi connectivity index (χ1) is 14.5. The molecule has 0 N–H and O–H groups in total. The van der Waals surface area contributed by atoms with Crippen LogP contribution in [0.3, 0.4) is 0 Å². The molecule has 0 saturated heterocycles. The summed E-state index contributed by atoms with van der Waals surface area (Å²) in [7, 11) is 0. The van der Waals surface area contributed by atoms with Crippen molar-refractivity contribution >= 4 is 23.1 Å². The van der Waals surface area contributed by atoms with Crippen LogP contribution < -0.4 is 24.8 Å². The number of pyridine rings is 1. The van der Waals surface area contributed by atoms with Gasteiger partial charge in [0.05, 0.1) is 11.4 Å². The van der Waals surface area contributed by atoms with Crippen molar-refractivity contribution in [3.8, 4) is 0 Å². The fourth-order valence-electron chi connectivity index (χ4n) is 3.84. The van der Waals surface area contributed by atoms with Gasteiger partial charge < -0.3 is 24.8 Å². The first-order valence-electron chi connectivity index (χ1n) is 10.6. The van der Waals surface area contributed by atoms with Crippen LogP contribution in [0.15, 0.2) is 85.8 Å². The monoisotopic (exact) mass is 521 g/mol. The summed E-state index contributed by atoms with van der Waals surface area (Å²) in [6, 6.07) is 5.86. The fourth-order valence-corrected chi connectivity index (χ4v) is 3.84. The van der Waals surface area contributed by atoms with Gasteiger partial charge in [0.2, 0.25) is 0 Å². The van der Waals surface area contributed by atoms with E-state index in [2.05, 4.69) is 64.2 Å². The van der Waals surface area contributed by atoms with Gasteiger partial charge in [0.1, 0.15) is 23.5 Å². The molecule has 1 aromatic heterocycles. The molecule has 172 valence electrons. The van der Waals surface area contributed by atoms with Crippen molar-refractivity contribution < 1.29 is 41.9 Å². The smallest absolute Gasteiger partial charge is 1.00 e. The average molecular weight is 522 g/mol. The molecule has 3 heterocycles. The number of fused-ring (bicyclic) bond motifs is 2. The summed E-state index contributed by atoms with van der Waals surface area (Å²) in [6.07, 6.45) is 12.8. The standard InChI is InChI=1S/C25H25N5.2ClH.Fe/c1-14(2)16-8-10-18-22(12-16)29-24(27-18)20-6-5-7-21(26-20)25-28-19-11-9-17(15(3)4)13-23(19)30-25;;;/h5-15,18-19H,1-4H3;2*1H;/q;;;+2/p-2. The summed E-state index contributed by atoms with van der Waals surface area (Å²) >= 11 is 0. The SMILES string of the molecule is CC(C)C1=CC2=NC(c3cccc(C4=NC5C=CC(C(C)C)=CC5=N4)n3)=NC2C=C1.[Cl-].[Cl-].[Fe+2]. The summed E-state index contributed by atoms with van der Waals surface area (Å²) in [5.41, 5.74) is 6.06. The topological polar surface area (TPSA) is 62.3 Å². The Balaban J connectivity index is 0.00000128. The molecule has 0 aromatic carbocycles. The van der Waals surface area contributed by atoms with Gasteiger partial charge in [0.15, 0.2) is 11.7 Å². The molecule has 0 saturated carbocycles. The van der Waals surface area contributed by atoms with Gasteiger partial charge >= 0.3 is 17.1 Å². The summed E-state index contributed by atoms with van der Waals surface area (Å²) < 4.78 is 0. The first kappa shape index (κ1) is 27.1. The van der Waals surface area contributed by atoms with Crippen molar-refractivity contribution in [3.63, 3.8) is 0 Å². The Morgan fingerprint density at radius 2 is 1.12 bits per heavy atom. The molecule has 5 rings (SSSR count). The van der Waals surface area contributed by atoms with Gasteiger partial charge in [-0.1, -0.05) is 58.1 Å². The third-order valence-corrected chi connectivity index (χ3v) is 5.71. The Morgan fingerprint density at radius 1 is 0.697 bits per heavy atom. The predicted molar refractivity (Wildman–Crippen MR) is 124 cm³/mol. The van der Waals surface area contributed by atoms with E-state index in [4.69, 9.17) is 25.0 Å². The van der Waals surface area contributed by atoms with Crippen LogP contribution in [0.5, 0.6) is 0 Å². The van der Waals surface area contributed by atoms with E-state index in [9.17, 15) is 0 Å². The van der Waals surface area contributed by atoms with Gasteiger partial charge in [-0.3, -0.25) is 9.98 Å². The molecule has 0 fully saturated rings. The summed E-state index contributed by atoms with van der Waals surface area (Å²) in [4.78, 5) is 23.9. The van der Waals surface area contributed by atoms with Gasteiger partial charge in [-0.05, 0) is 47.3 Å². The maximum atomic E-state index is 4.80. The molecule has 0 radical (unpaired) electrons. The van der Waals surface area contributed by atoms with Crippen LogP contribution >= 0.6 is 0 Å². The molecular formula is C25H25Cl2FeN5. The number of hydrogen-bond donors (Lipinski definition) is 0.